The Morgan fingerprint density at radius 1 is 1.29 bits per heavy atom. The van der Waals surface area contributed by atoms with Gasteiger partial charge in [0.1, 0.15) is 5.60 Å². The van der Waals surface area contributed by atoms with Gasteiger partial charge >= 0.3 is 6.09 Å². The number of benzene rings is 1. The fraction of sp³-hybridized carbons (Fsp3) is 0.500. The Morgan fingerprint density at radius 2 is 1.95 bits per heavy atom. The second kappa shape index (κ2) is 6.06. The Balaban J connectivity index is 2.01. The van der Waals surface area contributed by atoms with Crippen LogP contribution in [0, 0.1) is 5.92 Å². The zero-order valence-corrected chi connectivity index (χ0v) is 13.3. The SMILES string of the molecule is CC(C)(C)OC(=O)N1CC[C@@H](C(=O)c2ccccc2Cl)C1. The van der Waals surface area contributed by atoms with Crippen LogP contribution in [0.25, 0.3) is 0 Å². The molecule has 1 aromatic rings. The number of carbonyl (C=O) groups excluding carboxylic acids is 2. The summed E-state index contributed by atoms with van der Waals surface area (Å²) in [6.45, 7) is 6.41. The zero-order chi connectivity index (χ0) is 15.6. The Bertz CT molecular complexity index is 551. The first-order valence-electron chi connectivity index (χ1n) is 7.04. The van der Waals surface area contributed by atoms with E-state index in [0.29, 0.717) is 30.1 Å². The number of Topliss-reactive ketones (excluding diaryl/α,β-unsaturated/α-hetero) is 1. The fourth-order valence-electron chi connectivity index (χ4n) is 2.35. The number of ketones is 1. The number of amides is 1. The number of rotatable bonds is 2. The van der Waals surface area contributed by atoms with Crippen molar-refractivity contribution in [2.75, 3.05) is 13.1 Å². The molecule has 1 aliphatic heterocycles. The van der Waals surface area contributed by atoms with Crippen LogP contribution in [0.2, 0.25) is 5.02 Å². The van der Waals surface area contributed by atoms with Crippen LogP contribution in [0.3, 0.4) is 0 Å². The van der Waals surface area contributed by atoms with E-state index in [1.165, 1.54) is 0 Å². The van der Waals surface area contributed by atoms with Crippen molar-refractivity contribution < 1.29 is 14.3 Å². The molecule has 1 saturated heterocycles. The van der Waals surface area contributed by atoms with Gasteiger partial charge in [0.05, 0.1) is 5.02 Å². The van der Waals surface area contributed by atoms with E-state index in [4.69, 9.17) is 16.3 Å². The number of hydrogen-bond donors (Lipinski definition) is 0. The molecule has 4 nitrogen and oxygen atoms in total. The Hall–Kier alpha value is -1.55. The lowest BCUT2D eigenvalue weighted by Gasteiger charge is -2.24. The Labute approximate surface area is 130 Å². The van der Waals surface area contributed by atoms with E-state index in [-0.39, 0.29) is 17.8 Å². The second-order valence-corrected chi connectivity index (χ2v) is 6.66. The first kappa shape index (κ1) is 15.8. The van der Waals surface area contributed by atoms with Crippen LogP contribution in [0.4, 0.5) is 4.79 Å². The van der Waals surface area contributed by atoms with Gasteiger partial charge < -0.3 is 9.64 Å². The van der Waals surface area contributed by atoms with E-state index in [1.807, 2.05) is 20.8 Å². The van der Waals surface area contributed by atoms with Crippen molar-refractivity contribution in [1.29, 1.82) is 0 Å². The van der Waals surface area contributed by atoms with Crippen LogP contribution in [0.15, 0.2) is 24.3 Å². The summed E-state index contributed by atoms with van der Waals surface area (Å²) in [5.41, 5.74) is -0.00254. The van der Waals surface area contributed by atoms with Gasteiger partial charge in [0, 0.05) is 24.6 Å². The highest BCUT2D eigenvalue weighted by Gasteiger charge is 2.34. The molecular weight excluding hydrogens is 290 g/mol. The minimum absolute atomic E-state index is 0.00772. The predicted octanol–water partition coefficient (Wildman–Crippen LogP) is 3.78. The molecule has 1 atom stereocenters. The van der Waals surface area contributed by atoms with Gasteiger partial charge in [0.2, 0.25) is 0 Å². The highest BCUT2D eigenvalue weighted by molar-refractivity contribution is 6.34. The lowest BCUT2D eigenvalue weighted by Crippen LogP contribution is -2.35. The lowest BCUT2D eigenvalue weighted by molar-refractivity contribution is 0.0289. The molecule has 5 heteroatoms. The molecule has 0 spiro atoms. The van der Waals surface area contributed by atoms with Crippen molar-refractivity contribution in [2.45, 2.75) is 32.8 Å². The second-order valence-electron chi connectivity index (χ2n) is 6.26. The normalized spacial score (nSPS) is 18.7. The van der Waals surface area contributed by atoms with Crippen LogP contribution in [-0.2, 0) is 4.74 Å². The topological polar surface area (TPSA) is 46.6 Å². The third kappa shape index (κ3) is 3.97. The number of halogens is 1. The van der Waals surface area contributed by atoms with E-state index in [0.717, 1.165) is 0 Å². The molecule has 2 rings (SSSR count). The van der Waals surface area contributed by atoms with Crippen LogP contribution >= 0.6 is 11.6 Å². The average molecular weight is 310 g/mol. The third-order valence-electron chi connectivity index (χ3n) is 3.35. The summed E-state index contributed by atoms with van der Waals surface area (Å²) in [6, 6.07) is 7.01. The molecule has 0 aromatic heterocycles. The number of ether oxygens (including phenoxy) is 1. The maximum Gasteiger partial charge on any atom is 0.410 e. The van der Waals surface area contributed by atoms with Crippen molar-refractivity contribution in [3.63, 3.8) is 0 Å². The van der Waals surface area contributed by atoms with E-state index in [2.05, 4.69) is 0 Å². The highest BCUT2D eigenvalue weighted by atomic mass is 35.5. The smallest absolute Gasteiger partial charge is 0.410 e. The maximum absolute atomic E-state index is 12.5. The van der Waals surface area contributed by atoms with Gasteiger partial charge in [-0.05, 0) is 39.3 Å². The molecule has 1 aromatic carbocycles. The standard InChI is InChI=1S/C16H20ClNO3/c1-16(2,3)21-15(20)18-9-8-11(10-18)14(19)12-6-4-5-7-13(12)17/h4-7,11H,8-10H2,1-3H3/t11-/m1/s1. The average Bonchev–Trinajstić information content (AvgIpc) is 2.86. The molecule has 0 N–H and O–H groups in total. The fourth-order valence-corrected chi connectivity index (χ4v) is 2.58. The summed E-state index contributed by atoms with van der Waals surface area (Å²) in [4.78, 5) is 26.0. The molecule has 114 valence electrons. The molecule has 1 heterocycles. The summed E-state index contributed by atoms with van der Waals surface area (Å²) in [5, 5.41) is 0.457. The molecule has 1 fully saturated rings. The molecule has 0 radical (unpaired) electrons. The van der Waals surface area contributed by atoms with Gasteiger partial charge in [-0.1, -0.05) is 23.7 Å². The van der Waals surface area contributed by atoms with Gasteiger partial charge in [0.15, 0.2) is 5.78 Å². The highest BCUT2D eigenvalue weighted by Crippen LogP contribution is 2.26. The quantitative estimate of drug-likeness (QED) is 0.781. The van der Waals surface area contributed by atoms with Crippen molar-refractivity contribution in [3.8, 4) is 0 Å². The third-order valence-corrected chi connectivity index (χ3v) is 3.68. The molecular formula is C16H20ClNO3. The summed E-state index contributed by atoms with van der Waals surface area (Å²) in [7, 11) is 0. The van der Waals surface area contributed by atoms with Gasteiger partial charge in [-0.25, -0.2) is 4.79 Å². The molecule has 0 unspecified atom stereocenters. The molecule has 1 amide bonds. The Morgan fingerprint density at radius 3 is 2.57 bits per heavy atom. The van der Waals surface area contributed by atoms with Crippen molar-refractivity contribution in [3.05, 3.63) is 34.9 Å². The minimum Gasteiger partial charge on any atom is -0.444 e. The van der Waals surface area contributed by atoms with Crippen LogP contribution in [0.1, 0.15) is 37.6 Å². The zero-order valence-electron chi connectivity index (χ0n) is 12.6. The number of hydrogen-bond acceptors (Lipinski definition) is 3. The monoisotopic (exact) mass is 309 g/mol. The minimum atomic E-state index is -0.526. The van der Waals surface area contributed by atoms with Crippen LogP contribution in [0.5, 0.6) is 0 Å². The summed E-state index contributed by atoms with van der Waals surface area (Å²) in [6.07, 6.45) is 0.278. The maximum atomic E-state index is 12.5. The van der Waals surface area contributed by atoms with Crippen molar-refractivity contribution in [2.24, 2.45) is 5.92 Å². The largest absolute Gasteiger partial charge is 0.444 e. The van der Waals surface area contributed by atoms with Gasteiger partial charge in [0.25, 0.3) is 0 Å². The number of carbonyl (C=O) groups is 2. The Kier molecular flexibility index (Phi) is 4.57. The molecule has 21 heavy (non-hydrogen) atoms. The molecule has 0 bridgehead atoms. The number of nitrogens with zero attached hydrogens (tertiary/aromatic N) is 1. The van der Waals surface area contributed by atoms with Gasteiger partial charge in [-0.2, -0.15) is 0 Å². The van der Waals surface area contributed by atoms with E-state index in [9.17, 15) is 9.59 Å². The lowest BCUT2D eigenvalue weighted by atomic mass is 9.97. The van der Waals surface area contributed by atoms with E-state index >= 15 is 0 Å². The van der Waals surface area contributed by atoms with E-state index < -0.39 is 5.60 Å². The van der Waals surface area contributed by atoms with Gasteiger partial charge in [-0.15, -0.1) is 0 Å². The molecule has 0 saturated carbocycles. The predicted molar refractivity (Wildman–Crippen MR) is 81.7 cm³/mol. The van der Waals surface area contributed by atoms with Crippen molar-refractivity contribution >= 4 is 23.5 Å². The van der Waals surface area contributed by atoms with E-state index in [1.54, 1.807) is 29.2 Å². The first-order chi connectivity index (χ1) is 9.78. The van der Waals surface area contributed by atoms with Crippen LogP contribution in [-0.4, -0.2) is 35.5 Å². The molecule has 0 aliphatic carbocycles. The summed E-state index contributed by atoms with van der Waals surface area (Å²) >= 11 is 6.06. The van der Waals surface area contributed by atoms with Crippen LogP contribution < -0.4 is 0 Å². The van der Waals surface area contributed by atoms with Gasteiger partial charge in [-0.3, -0.25) is 4.79 Å². The number of likely N-dealkylation sites (tertiary alicyclic amines) is 1. The summed E-state index contributed by atoms with van der Waals surface area (Å²) in [5.74, 6) is -0.218. The van der Waals surface area contributed by atoms with Crippen molar-refractivity contribution in [1.82, 2.24) is 4.90 Å². The first-order valence-corrected chi connectivity index (χ1v) is 7.42. The summed E-state index contributed by atoms with van der Waals surface area (Å²) < 4.78 is 5.33. The molecule has 1 aliphatic rings.